The first kappa shape index (κ1) is 17.2. The molecule has 1 rings (SSSR count). The molecule has 1 nitrogen and oxygen atoms in total. The monoisotopic (exact) mass is 294 g/mol. The highest BCUT2D eigenvalue weighted by atomic mass is 35.5. The summed E-state index contributed by atoms with van der Waals surface area (Å²) in [5, 5.41) is 0.705. The minimum Gasteiger partial charge on any atom is -0.299 e. The van der Waals surface area contributed by atoms with Crippen LogP contribution in [0.15, 0.2) is 24.3 Å². The molecule has 1 aromatic carbocycles. The average molecular weight is 295 g/mol. The summed E-state index contributed by atoms with van der Waals surface area (Å²) >= 11 is 6.06. The van der Waals surface area contributed by atoms with Gasteiger partial charge in [0.25, 0.3) is 0 Å². The molecule has 0 heterocycles. The van der Waals surface area contributed by atoms with Gasteiger partial charge in [0.1, 0.15) is 5.78 Å². The van der Waals surface area contributed by atoms with E-state index >= 15 is 0 Å². The molecule has 0 radical (unpaired) electrons. The zero-order valence-corrected chi connectivity index (χ0v) is 13.4. The molecule has 1 aromatic rings. The van der Waals surface area contributed by atoms with Crippen molar-refractivity contribution in [2.24, 2.45) is 0 Å². The Morgan fingerprint density at radius 1 is 0.950 bits per heavy atom. The molecule has 0 atom stereocenters. The van der Waals surface area contributed by atoms with Crippen LogP contribution in [0, 0.1) is 0 Å². The molecular weight excluding hydrogens is 268 g/mol. The Kier molecular flexibility index (Phi) is 9.40. The molecule has 0 aliphatic carbocycles. The summed E-state index contributed by atoms with van der Waals surface area (Å²) in [6, 6.07) is 7.62. The van der Waals surface area contributed by atoms with Gasteiger partial charge in [-0.15, -0.1) is 0 Å². The van der Waals surface area contributed by atoms with E-state index in [0.29, 0.717) is 23.6 Å². The van der Waals surface area contributed by atoms with Crippen molar-refractivity contribution in [2.45, 2.75) is 71.1 Å². The van der Waals surface area contributed by atoms with Crippen LogP contribution in [0.25, 0.3) is 0 Å². The summed E-state index contributed by atoms with van der Waals surface area (Å²) in [5.74, 6) is 0.309. The highest BCUT2D eigenvalue weighted by Gasteiger charge is 2.06. The van der Waals surface area contributed by atoms with E-state index in [0.717, 1.165) is 12.0 Å². The van der Waals surface area contributed by atoms with Gasteiger partial charge in [0.15, 0.2) is 0 Å². The SMILES string of the molecule is CCCCCCCCCCC(=O)Cc1ccccc1Cl. The zero-order valence-electron chi connectivity index (χ0n) is 12.7. The molecule has 0 amide bonds. The fourth-order valence-electron chi connectivity index (χ4n) is 2.40. The van der Waals surface area contributed by atoms with E-state index < -0.39 is 0 Å². The Balaban J connectivity index is 2.05. The van der Waals surface area contributed by atoms with Crippen molar-refractivity contribution in [2.75, 3.05) is 0 Å². The first-order chi connectivity index (χ1) is 9.74. The van der Waals surface area contributed by atoms with Crippen LogP contribution in [-0.4, -0.2) is 5.78 Å². The van der Waals surface area contributed by atoms with E-state index in [4.69, 9.17) is 11.6 Å². The standard InChI is InChI=1S/C18H27ClO/c1-2-3-4-5-6-7-8-9-13-17(20)15-16-12-10-11-14-18(16)19/h10-12,14H,2-9,13,15H2,1H3. The van der Waals surface area contributed by atoms with Crippen LogP contribution < -0.4 is 0 Å². The van der Waals surface area contributed by atoms with Crippen molar-refractivity contribution in [3.63, 3.8) is 0 Å². The highest BCUT2D eigenvalue weighted by Crippen LogP contribution is 2.17. The van der Waals surface area contributed by atoms with Crippen LogP contribution in [0.4, 0.5) is 0 Å². The normalized spacial score (nSPS) is 10.7. The smallest absolute Gasteiger partial charge is 0.137 e. The van der Waals surface area contributed by atoms with Crippen LogP contribution in [0.5, 0.6) is 0 Å². The van der Waals surface area contributed by atoms with E-state index in [1.165, 1.54) is 44.9 Å². The first-order valence-corrected chi connectivity index (χ1v) is 8.37. The third kappa shape index (κ3) is 7.69. The maximum Gasteiger partial charge on any atom is 0.137 e. The minimum absolute atomic E-state index is 0.309. The molecule has 0 fully saturated rings. The second-order valence-corrected chi connectivity index (χ2v) is 5.94. The Morgan fingerprint density at radius 2 is 1.55 bits per heavy atom. The number of ketones is 1. The van der Waals surface area contributed by atoms with Crippen molar-refractivity contribution in [3.8, 4) is 0 Å². The van der Waals surface area contributed by atoms with Crippen LogP contribution in [0.1, 0.15) is 70.3 Å². The zero-order chi connectivity index (χ0) is 14.6. The predicted molar refractivity (Wildman–Crippen MR) is 87.4 cm³/mol. The van der Waals surface area contributed by atoms with Gasteiger partial charge in [-0.25, -0.2) is 0 Å². The van der Waals surface area contributed by atoms with Crippen LogP contribution in [0.2, 0.25) is 5.02 Å². The third-order valence-electron chi connectivity index (χ3n) is 3.65. The van der Waals surface area contributed by atoms with Crippen molar-refractivity contribution >= 4 is 17.4 Å². The molecule has 2 heteroatoms. The number of benzene rings is 1. The third-order valence-corrected chi connectivity index (χ3v) is 4.02. The van der Waals surface area contributed by atoms with Crippen LogP contribution in [-0.2, 0) is 11.2 Å². The van der Waals surface area contributed by atoms with Gasteiger partial charge in [0.05, 0.1) is 0 Å². The number of unbranched alkanes of at least 4 members (excludes halogenated alkanes) is 7. The second kappa shape index (κ2) is 10.9. The Morgan fingerprint density at radius 3 is 2.20 bits per heavy atom. The molecule has 20 heavy (non-hydrogen) atoms. The minimum atomic E-state index is 0.309. The Hall–Kier alpha value is -0.820. The van der Waals surface area contributed by atoms with E-state index in [9.17, 15) is 4.79 Å². The lowest BCUT2D eigenvalue weighted by Gasteiger charge is -2.04. The molecule has 0 aliphatic heterocycles. The number of Topliss-reactive ketones (excluding diaryl/α,β-unsaturated/α-hetero) is 1. The van der Waals surface area contributed by atoms with Crippen molar-refractivity contribution in [3.05, 3.63) is 34.9 Å². The number of hydrogen-bond acceptors (Lipinski definition) is 1. The van der Waals surface area contributed by atoms with Crippen LogP contribution in [0.3, 0.4) is 0 Å². The summed E-state index contributed by atoms with van der Waals surface area (Å²) < 4.78 is 0. The van der Waals surface area contributed by atoms with Gasteiger partial charge in [-0.05, 0) is 18.1 Å². The topological polar surface area (TPSA) is 17.1 Å². The molecule has 0 saturated carbocycles. The van der Waals surface area contributed by atoms with E-state index in [2.05, 4.69) is 6.92 Å². The number of halogens is 1. The molecule has 0 aliphatic rings. The molecule has 0 aromatic heterocycles. The number of carbonyl (C=O) groups is 1. The average Bonchev–Trinajstić information content (AvgIpc) is 2.44. The van der Waals surface area contributed by atoms with E-state index in [-0.39, 0.29) is 0 Å². The van der Waals surface area contributed by atoms with Gasteiger partial charge in [0.2, 0.25) is 0 Å². The summed E-state index contributed by atoms with van der Waals surface area (Å²) in [6.45, 7) is 2.24. The van der Waals surface area contributed by atoms with E-state index in [1.807, 2.05) is 24.3 Å². The maximum atomic E-state index is 11.9. The lowest BCUT2D eigenvalue weighted by molar-refractivity contribution is -0.118. The molecule has 0 unspecified atom stereocenters. The second-order valence-electron chi connectivity index (χ2n) is 5.53. The van der Waals surface area contributed by atoms with Gasteiger partial charge in [-0.1, -0.05) is 81.7 Å². The lowest BCUT2D eigenvalue weighted by atomic mass is 10.0. The van der Waals surface area contributed by atoms with Crippen molar-refractivity contribution in [1.29, 1.82) is 0 Å². The van der Waals surface area contributed by atoms with Gasteiger partial charge in [-0.3, -0.25) is 4.79 Å². The van der Waals surface area contributed by atoms with Gasteiger partial charge < -0.3 is 0 Å². The lowest BCUT2D eigenvalue weighted by Crippen LogP contribution is -2.02. The highest BCUT2D eigenvalue weighted by molar-refractivity contribution is 6.31. The van der Waals surface area contributed by atoms with E-state index in [1.54, 1.807) is 0 Å². The molecule has 0 N–H and O–H groups in total. The molecule has 0 spiro atoms. The van der Waals surface area contributed by atoms with Crippen molar-refractivity contribution in [1.82, 2.24) is 0 Å². The van der Waals surface area contributed by atoms with Gasteiger partial charge in [-0.2, -0.15) is 0 Å². The summed E-state index contributed by atoms with van der Waals surface area (Å²) in [7, 11) is 0. The predicted octanol–water partition coefficient (Wildman–Crippen LogP) is 5.98. The fraction of sp³-hybridized carbons (Fsp3) is 0.611. The summed E-state index contributed by atoms with van der Waals surface area (Å²) in [6.07, 6.45) is 11.3. The van der Waals surface area contributed by atoms with Gasteiger partial charge >= 0.3 is 0 Å². The number of hydrogen-bond donors (Lipinski definition) is 0. The first-order valence-electron chi connectivity index (χ1n) is 7.99. The quantitative estimate of drug-likeness (QED) is 0.459. The van der Waals surface area contributed by atoms with Crippen LogP contribution >= 0.6 is 11.6 Å². The summed E-state index contributed by atoms with van der Waals surface area (Å²) in [4.78, 5) is 11.9. The van der Waals surface area contributed by atoms with Crippen molar-refractivity contribution < 1.29 is 4.79 Å². The number of carbonyl (C=O) groups excluding carboxylic acids is 1. The molecule has 112 valence electrons. The fourth-order valence-corrected chi connectivity index (χ4v) is 2.60. The summed E-state index contributed by atoms with van der Waals surface area (Å²) in [5.41, 5.74) is 0.957. The number of rotatable bonds is 11. The Bertz CT molecular complexity index is 387. The maximum absolute atomic E-state index is 11.9. The molecule has 0 saturated heterocycles. The Labute approximate surface area is 128 Å². The van der Waals surface area contributed by atoms with Gasteiger partial charge in [0, 0.05) is 17.9 Å². The molecule has 0 bridgehead atoms. The molecular formula is C18H27ClO. The largest absolute Gasteiger partial charge is 0.299 e.